The van der Waals surface area contributed by atoms with Crippen molar-refractivity contribution in [3.63, 3.8) is 0 Å². The van der Waals surface area contributed by atoms with Gasteiger partial charge in [0.05, 0.1) is 27.7 Å². The van der Waals surface area contributed by atoms with Crippen LogP contribution in [0, 0.1) is 0 Å². The topological polar surface area (TPSA) is 108 Å². The van der Waals surface area contributed by atoms with Crippen LogP contribution in [-0.4, -0.2) is 74.9 Å². The minimum absolute atomic E-state index is 0.00243. The Kier molecular flexibility index (Phi) is 38.4. The second kappa shape index (κ2) is 40.8. The van der Waals surface area contributed by atoms with Gasteiger partial charge in [-0.3, -0.25) is 18.6 Å². The average Bonchev–Trinajstić information content (AvgIpc) is 3.20. The summed E-state index contributed by atoms with van der Waals surface area (Å²) in [5.41, 5.74) is 0. The van der Waals surface area contributed by atoms with Gasteiger partial charge in [0.25, 0.3) is 0 Å². The van der Waals surface area contributed by atoms with E-state index in [1.165, 1.54) is 25.7 Å². The van der Waals surface area contributed by atoms with E-state index in [1.54, 1.807) is 0 Å². The summed E-state index contributed by atoms with van der Waals surface area (Å²) in [4.78, 5) is 35.3. The van der Waals surface area contributed by atoms with E-state index >= 15 is 0 Å². The Morgan fingerprint density at radius 2 is 0.967 bits per heavy atom. The molecule has 0 fully saturated rings. The van der Waals surface area contributed by atoms with Crippen molar-refractivity contribution in [1.82, 2.24) is 0 Å². The van der Waals surface area contributed by atoms with Crippen molar-refractivity contribution in [1.29, 1.82) is 0 Å². The fourth-order valence-corrected chi connectivity index (χ4v) is 5.77. The number of rotatable bonds is 38. The number of unbranched alkanes of at least 4 members (excludes halogenated alkanes) is 4. The summed E-state index contributed by atoms with van der Waals surface area (Å²) in [6, 6.07) is 0. The van der Waals surface area contributed by atoms with Crippen LogP contribution in [0.4, 0.5) is 0 Å². The Hall–Kier alpha value is -3.59. The Labute approximate surface area is 365 Å². The second-order valence-corrected chi connectivity index (χ2v) is 16.8. The van der Waals surface area contributed by atoms with Crippen molar-refractivity contribution in [2.75, 3.05) is 47.5 Å². The average molecular weight is 855 g/mol. The number of esters is 2. The van der Waals surface area contributed by atoms with E-state index in [2.05, 4.69) is 117 Å². The van der Waals surface area contributed by atoms with E-state index in [1.807, 2.05) is 39.4 Å². The number of allylic oxidation sites excluding steroid dienone is 20. The number of quaternary nitrogens is 1. The van der Waals surface area contributed by atoms with E-state index in [0.29, 0.717) is 30.3 Å². The molecule has 0 radical (unpaired) electrons. The maximum absolute atomic E-state index is 12.7. The number of ether oxygens (including phenoxy) is 2. The third-order valence-corrected chi connectivity index (χ3v) is 9.47. The van der Waals surface area contributed by atoms with E-state index in [0.717, 1.165) is 57.8 Å². The van der Waals surface area contributed by atoms with Crippen LogP contribution < -0.4 is 0 Å². The lowest BCUT2D eigenvalue weighted by atomic mass is 10.2. The molecule has 2 atom stereocenters. The van der Waals surface area contributed by atoms with Crippen LogP contribution >= 0.6 is 7.82 Å². The molecule has 0 saturated carbocycles. The lowest BCUT2D eigenvalue weighted by Crippen LogP contribution is -2.37. The minimum atomic E-state index is -4.42. The van der Waals surface area contributed by atoms with E-state index in [4.69, 9.17) is 18.5 Å². The standard InChI is InChI=1S/C50H80NO8P/c1-6-8-10-12-14-16-18-20-22-24-25-27-28-30-32-34-36-38-40-42-49(52)56-46-48(47-58-60(54,55)57-45-44-51(3,4)5)59-50(53)43-41-39-37-35-33-31-29-26-23-21-19-17-15-13-11-9-7-2/h9,11,14-17,20-23,25,27,29-32,35-38,48H,6-8,10,12-13,18-19,24,26,28,33-34,39-47H2,1-5H3/p+1/b11-9-,16-14-,17-15-,22-20-,23-21-,27-25-,31-29-,32-30-,37-35-,38-36-/t48-/m1/s1. The van der Waals surface area contributed by atoms with Crippen molar-refractivity contribution in [3.8, 4) is 0 Å². The molecule has 0 saturated heterocycles. The molecule has 0 aromatic carbocycles. The molecule has 1 unspecified atom stereocenters. The van der Waals surface area contributed by atoms with Gasteiger partial charge in [-0.05, 0) is 89.9 Å². The minimum Gasteiger partial charge on any atom is -0.462 e. The molecule has 0 heterocycles. The third-order valence-electron chi connectivity index (χ3n) is 8.49. The van der Waals surface area contributed by atoms with Gasteiger partial charge in [-0.2, -0.15) is 0 Å². The molecule has 0 aliphatic carbocycles. The largest absolute Gasteiger partial charge is 0.472 e. The van der Waals surface area contributed by atoms with Gasteiger partial charge in [-0.25, -0.2) is 4.57 Å². The molecule has 60 heavy (non-hydrogen) atoms. The first kappa shape index (κ1) is 56.4. The number of phosphoric acid groups is 1. The first-order valence-electron chi connectivity index (χ1n) is 22.3. The van der Waals surface area contributed by atoms with Gasteiger partial charge in [0.1, 0.15) is 19.8 Å². The molecule has 1 N–H and O–H groups in total. The lowest BCUT2D eigenvalue weighted by molar-refractivity contribution is -0.870. The number of nitrogens with zero attached hydrogens (tertiary/aromatic N) is 1. The van der Waals surface area contributed by atoms with Crippen LogP contribution in [0.25, 0.3) is 0 Å². The molecular formula is C50H81NO8P+. The molecule has 0 spiro atoms. The van der Waals surface area contributed by atoms with Crippen molar-refractivity contribution >= 4 is 19.8 Å². The summed E-state index contributed by atoms with van der Waals surface area (Å²) in [6.45, 7) is 4.09. The van der Waals surface area contributed by atoms with Crippen molar-refractivity contribution in [2.45, 2.75) is 136 Å². The number of carbonyl (C=O) groups is 2. The van der Waals surface area contributed by atoms with Gasteiger partial charge in [0.2, 0.25) is 0 Å². The first-order chi connectivity index (χ1) is 29.0. The lowest BCUT2D eigenvalue weighted by Gasteiger charge is -2.24. The zero-order valence-corrected chi connectivity index (χ0v) is 38.8. The summed E-state index contributed by atoms with van der Waals surface area (Å²) in [5.74, 6) is -0.978. The Bertz CT molecular complexity index is 1430. The van der Waals surface area contributed by atoms with Gasteiger partial charge in [-0.15, -0.1) is 0 Å². The highest BCUT2D eigenvalue weighted by atomic mass is 31.2. The van der Waals surface area contributed by atoms with Gasteiger partial charge in [0, 0.05) is 12.8 Å². The van der Waals surface area contributed by atoms with E-state index in [9.17, 15) is 19.0 Å². The summed E-state index contributed by atoms with van der Waals surface area (Å²) in [6.07, 6.45) is 57.0. The molecule has 0 aliphatic heterocycles. The van der Waals surface area contributed by atoms with E-state index in [-0.39, 0.29) is 26.1 Å². The van der Waals surface area contributed by atoms with Gasteiger partial charge >= 0.3 is 19.8 Å². The number of phosphoric ester groups is 1. The van der Waals surface area contributed by atoms with Crippen LogP contribution in [0.1, 0.15) is 129 Å². The number of hydrogen-bond donors (Lipinski definition) is 1. The Morgan fingerprint density at radius 1 is 0.533 bits per heavy atom. The third kappa shape index (κ3) is 44.0. The second-order valence-electron chi connectivity index (χ2n) is 15.3. The summed E-state index contributed by atoms with van der Waals surface area (Å²) in [7, 11) is 1.38. The van der Waals surface area contributed by atoms with Crippen LogP contribution in [0.5, 0.6) is 0 Å². The van der Waals surface area contributed by atoms with Gasteiger partial charge in [0.15, 0.2) is 6.10 Å². The molecule has 338 valence electrons. The Balaban J connectivity index is 4.60. The molecule has 0 aromatic rings. The van der Waals surface area contributed by atoms with Crippen LogP contribution in [0.3, 0.4) is 0 Å². The fraction of sp³-hybridized carbons (Fsp3) is 0.560. The number of likely N-dealkylation sites (N-methyl/N-ethyl adjacent to an activating group) is 1. The molecule has 10 heteroatoms. The highest BCUT2D eigenvalue weighted by molar-refractivity contribution is 7.47. The predicted octanol–water partition coefficient (Wildman–Crippen LogP) is 12.9. The molecule has 9 nitrogen and oxygen atoms in total. The Morgan fingerprint density at radius 3 is 1.42 bits per heavy atom. The van der Waals surface area contributed by atoms with E-state index < -0.39 is 32.5 Å². The quantitative estimate of drug-likeness (QED) is 0.0215. The highest BCUT2D eigenvalue weighted by Crippen LogP contribution is 2.43. The molecule has 0 rings (SSSR count). The van der Waals surface area contributed by atoms with Crippen molar-refractivity contribution in [2.24, 2.45) is 0 Å². The molecule has 0 bridgehead atoms. The molecular weight excluding hydrogens is 774 g/mol. The van der Waals surface area contributed by atoms with Crippen LogP contribution in [0.15, 0.2) is 122 Å². The smallest absolute Gasteiger partial charge is 0.462 e. The molecule has 0 amide bonds. The SMILES string of the molecule is CC/C=C\C/C=C\C/C=C\C/C=C\C/C=C\CCCC(=O)O[C@H](COC(=O)CC/C=C\C/C=C\C/C=C\C/C=C\C/C=C\CCCCC)COP(=O)(O)OCC[N+](C)(C)C. The number of carbonyl (C=O) groups excluding carboxylic acids is 2. The van der Waals surface area contributed by atoms with Crippen molar-refractivity contribution < 1.29 is 42.1 Å². The summed E-state index contributed by atoms with van der Waals surface area (Å²) in [5, 5.41) is 0. The zero-order chi connectivity index (χ0) is 44.3. The fourth-order valence-electron chi connectivity index (χ4n) is 5.03. The number of hydrogen-bond acceptors (Lipinski definition) is 7. The van der Waals surface area contributed by atoms with Crippen molar-refractivity contribution in [3.05, 3.63) is 122 Å². The summed E-state index contributed by atoms with van der Waals surface area (Å²) < 4.78 is 34.1. The van der Waals surface area contributed by atoms with Crippen LogP contribution in [-0.2, 0) is 32.7 Å². The zero-order valence-electron chi connectivity index (χ0n) is 37.9. The summed E-state index contributed by atoms with van der Waals surface area (Å²) >= 11 is 0. The highest BCUT2D eigenvalue weighted by Gasteiger charge is 2.27. The predicted molar refractivity (Wildman–Crippen MR) is 251 cm³/mol. The normalized spacial score (nSPS) is 14.7. The maximum Gasteiger partial charge on any atom is 0.472 e. The first-order valence-corrected chi connectivity index (χ1v) is 23.8. The van der Waals surface area contributed by atoms with Crippen LogP contribution in [0.2, 0.25) is 0 Å². The monoisotopic (exact) mass is 855 g/mol. The van der Waals surface area contributed by atoms with Gasteiger partial charge < -0.3 is 18.9 Å². The molecule has 0 aliphatic rings. The molecule has 0 aromatic heterocycles. The maximum atomic E-state index is 12.7. The van der Waals surface area contributed by atoms with Gasteiger partial charge in [-0.1, -0.05) is 148 Å².